The Morgan fingerprint density at radius 1 is 1.05 bits per heavy atom. The fourth-order valence-electron chi connectivity index (χ4n) is 2.31. The van der Waals surface area contributed by atoms with Crippen molar-refractivity contribution < 1.29 is 0 Å². The maximum Gasteiger partial charge on any atom is 0.274 e. The molecule has 100 valence electrons. The van der Waals surface area contributed by atoms with Gasteiger partial charge in [-0.2, -0.15) is 5.10 Å². The van der Waals surface area contributed by atoms with Gasteiger partial charge in [-0.05, 0) is 11.6 Å². The Morgan fingerprint density at radius 3 is 2.35 bits per heavy atom. The smallest absolute Gasteiger partial charge is 0.274 e. The van der Waals surface area contributed by atoms with Crippen LogP contribution in [0.2, 0.25) is 0 Å². The second-order valence-electron chi connectivity index (χ2n) is 4.72. The lowest BCUT2D eigenvalue weighted by atomic mass is 10.0. The van der Waals surface area contributed by atoms with Gasteiger partial charge < -0.3 is 5.73 Å². The summed E-state index contributed by atoms with van der Waals surface area (Å²) in [5.41, 5.74) is 8.40. The van der Waals surface area contributed by atoms with E-state index in [0.29, 0.717) is 11.9 Å². The Hall–Kier alpha value is -2.46. The van der Waals surface area contributed by atoms with Crippen LogP contribution in [0.1, 0.15) is 5.56 Å². The summed E-state index contributed by atoms with van der Waals surface area (Å²) in [6.07, 6.45) is 0. The maximum atomic E-state index is 12.1. The molecule has 0 unspecified atom stereocenters. The average Bonchev–Trinajstić information content (AvgIpc) is 2.51. The average molecular weight is 265 g/mol. The van der Waals surface area contributed by atoms with Crippen molar-refractivity contribution in [3.05, 3.63) is 64.4 Å². The number of fused-ring (bicyclic) bond motifs is 1. The molecular formula is C16H15N3O. The van der Waals surface area contributed by atoms with Gasteiger partial charge in [0.1, 0.15) is 0 Å². The van der Waals surface area contributed by atoms with E-state index in [1.165, 1.54) is 4.68 Å². The highest BCUT2D eigenvalue weighted by molar-refractivity contribution is 5.93. The first kappa shape index (κ1) is 12.6. The van der Waals surface area contributed by atoms with Crippen LogP contribution < -0.4 is 11.3 Å². The maximum absolute atomic E-state index is 12.1. The number of nitrogens with two attached hydrogens (primary N) is 1. The van der Waals surface area contributed by atoms with Crippen LogP contribution in [0.5, 0.6) is 0 Å². The Morgan fingerprint density at radius 2 is 1.70 bits per heavy atom. The zero-order chi connectivity index (χ0) is 14.1. The third kappa shape index (κ3) is 2.00. The van der Waals surface area contributed by atoms with Gasteiger partial charge >= 0.3 is 0 Å². The largest absolute Gasteiger partial charge is 0.326 e. The standard InChI is InChI=1S/C16H15N3O/c1-19-16(20)14-5-3-2-4-13(14)15(18-19)12-8-6-11(10-17)7-9-12/h2-9H,10,17H2,1H3. The molecule has 0 radical (unpaired) electrons. The van der Waals surface area contributed by atoms with Gasteiger partial charge in [-0.1, -0.05) is 42.5 Å². The van der Waals surface area contributed by atoms with E-state index in [2.05, 4.69) is 5.10 Å². The summed E-state index contributed by atoms with van der Waals surface area (Å²) in [5.74, 6) is 0. The van der Waals surface area contributed by atoms with Crippen molar-refractivity contribution in [2.75, 3.05) is 0 Å². The Balaban J connectivity index is 2.30. The first-order valence-electron chi connectivity index (χ1n) is 6.46. The Bertz CT molecular complexity index is 819. The second kappa shape index (κ2) is 4.90. The van der Waals surface area contributed by atoms with E-state index < -0.39 is 0 Å². The molecule has 0 spiro atoms. The molecule has 3 rings (SSSR count). The van der Waals surface area contributed by atoms with Crippen LogP contribution in [-0.4, -0.2) is 9.78 Å². The van der Waals surface area contributed by atoms with Crippen LogP contribution in [0.3, 0.4) is 0 Å². The van der Waals surface area contributed by atoms with Crippen molar-refractivity contribution in [1.82, 2.24) is 9.78 Å². The summed E-state index contributed by atoms with van der Waals surface area (Å²) in [6.45, 7) is 0.516. The normalized spacial score (nSPS) is 10.9. The third-order valence-corrected chi connectivity index (χ3v) is 3.42. The van der Waals surface area contributed by atoms with E-state index >= 15 is 0 Å². The van der Waals surface area contributed by atoms with Crippen LogP contribution in [-0.2, 0) is 13.6 Å². The summed E-state index contributed by atoms with van der Waals surface area (Å²) in [6, 6.07) is 15.5. The minimum absolute atomic E-state index is 0.0806. The van der Waals surface area contributed by atoms with E-state index in [1.54, 1.807) is 7.05 Å². The lowest BCUT2D eigenvalue weighted by Crippen LogP contribution is -2.20. The molecule has 0 saturated heterocycles. The van der Waals surface area contributed by atoms with Gasteiger partial charge in [0.05, 0.1) is 11.1 Å². The van der Waals surface area contributed by atoms with Gasteiger partial charge in [0.2, 0.25) is 0 Å². The zero-order valence-electron chi connectivity index (χ0n) is 11.2. The minimum Gasteiger partial charge on any atom is -0.326 e. The fraction of sp³-hybridized carbons (Fsp3) is 0.125. The summed E-state index contributed by atoms with van der Waals surface area (Å²) in [7, 11) is 1.67. The zero-order valence-corrected chi connectivity index (χ0v) is 11.2. The van der Waals surface area contributed by atoms with Crippen LogP contribution in [0.15, 0.2) is 53.3 Å². The number of hydrogen-bond donors (Lipinski definition) is 1. The number of rotatable bonds is 2. The van der Waals surface area contributed by atoms with Crippen LogP contribution in [0.4, 0.5) is 0 Å². The fourth-order valence-corrected chi connectivity index (χ4v) is 2.31. The molecular weight excluding hydrogens is 250 g/mol. The van der Waals surface area contributed by atoms with Gasteiger partial charge in [0, 0.05) is 24.5 Å². The monoisotopic (exact) mass is 265 g/mol. The quantitative estimate of drug-likeness (QED) is 0.771. The minimum atomic E-state index is -0.0806. The Kier molecular flexibility index (Phi) is 3.08. The van der Waals surface area contributed by atoms with Crippen LogP contribution in [0.25, 0.3) is 22.0 Å². The summed E-state index contributed by atoms with van der Waals surface area (Å²) in [5, 5.41) is 5.95. The molecule has 0 atom stereocenters. The van der Waals surface area contributed by atoms with Gasteiger partial charge in [-0.25, -0.2) is 4.68 Å². The molecule has 0 aliphatic heterocycles. The molecule has 20 heavy (non-hydrogen) atoms. The molecule has 0 aliphatic carbocycles. The number of hydrogen-bond acceptors (Lipinski definition) is 3. The molecule has 0 saturated carbocycles. The predicted molar refractivity (Wildman–Crippen MR) is 80.3 cm³/mol. The summed E-state index contributed by atoms with van der Waals surface area (Å²) >= 11 is 0. The van der Waals surface area contributed by atoms with E-state index in [4.69, 9.17) is 5.73 Å². The highest BCUT2D eigenvalue weighted by Gasteiger charge is 2.09. The van der Waals surface area contributed by atoms with E-state index in [-0.39, 0.29) is 5.56 Å². The van der Waals surface area contributed by atoms with Crippen molar-refractivity contribution in [3.63, 3.8) is 0 Å². The third-order valence-electron chi connectivity index (χ3n) is 3.42. The molecule has 0 amide bonds. The number of nitrogens with zero attached hydrogens (tertiary/aromatic N) is 2. The lowest BCUT2D eigenvalue weighted by Gasteiger charge is -2.08. The molecule has 2 N–H and O–H groups in total. The van der Waals surface area contributed by atoms with Crippen molar-refractivity contribution >= 4 is 10.8 Å². The van der Waals surface area contributed by atoms with Gasteiger partial charge in [-0.15, -0.1) is 0 Å². The van der Waals surface area contributed by atoms with Gasteiger partial charge in [0.15, 0.2) is 0 Å². The van der Waals surface area contributed by atoms with Crippen molar-refractivity contribution in [1.29, 1.82) is 0 Å². The van der Waals surface area contributed by atoms with Gasteiger partial charge in [-0.3, -0.25) is 4.79 Å². The van der Waals surface area contributed by atoms with Crippen molar-refractivity contribution in [2.45, 2.75) is 6.54 Å². The summed E-state index contributed by atoms with van der Waals surface area (Å²) in [4.78, 5) is 12.1. The number of benzene rings is 2. The first-order chi connectivity index (χ1) is 9.70. The molecule has 0 bridgehead atoms. The number of aryl methyl sites for hydroxylation is 1. The predicted octanol–water partition coefficient (Wildman–Crippen LogP) is 2.06. The summed E-state index contributed by atoms with van der Waals surface area (Å²) < 4.78 is 1.38. The van der Waals surface area contributed by atoms with Crippen LogP contribution in [0, 0.1) is 0 Å². The molecule has 3 aromatic rings. The van der Waals surface area contributed by atoms with Gasteiger partial charge in [0.25, 0.3) is 5.56 Å². The molecule has 4 heteroatoms. The first-order valence-corrected chi connectivity index (χ1v) is 6.46. The SMILES string of the molecule is Cn1nc(-c2ccc(CN)cc2)c2ccccc2c1=O. The molecule has 2 aromatic carbocycles. The molecule has 1 heterocycles. The van der Waals surface area contributed by atoms with Crippen molar-refractivity contribution in [3.8, 4) is 11.3 Å². The van der Waals surface area contributed by atoms with E-state index in [9.17, 15) is 4.79 Å². The van der Waals surface area contributed by atoms with E-state index in [0.717, 1.165) is 22.2 Å². The molecule has 0 aliphatic rings. The Labute approximate surface area is 116 Å². The molecule has 1 aromatic heterocycles. The highest BCUT2D eigenvalue weighted by atomic mass is 16.1. The van der Waals surface area contributed by atoms with Crippen LogP contribution >= 0.6 is 0 Å². The molecule has 4 nitrogen and oxygen atoms in total. The number of aromatic nitrogens is 2. The molecule has 0 fully saturated rings. The topological polar surface area (TPSA) is 60.9 Å². The second-order valence-corrected chi connectivity index (χ2v) is 4.72. The highest BCUT2D eigenvalue weighted by Crippen LogP contribution is 2.24. The van der Waals surface area contributed by atoms with E-state index in [1.807, 2.05) is 48.5 Å². The lowest BCUT2D eigenvalue weighted by molar-refractivity contribution is 0.722. The van der Waals surface area contributed by atoms with Crippen molar-refractivity contribution in [2.24, 2.45) is 12.8 Å².